The van der Waals surface area contributed by atoms with Crippen molar-refractivity contribution in [3.8, 4) is 11.5 Å². The molecule has 0 bridgehead atoms. The average Bonchev–Trinajstić information content (AvgIpc) is 2.42. The van der Waals surface area contributed by atoms with E-state index < -0.39 is 0 Å². The van der Waals surface area contributed by atoms with Crippen molar-refractivity contribution in [3.63, 3.8) is 0 Å². The molecule has 0 spiro atoms. The zero-order valence-corrected chi connectivity index (χ0v) is 10.7. The molecule has 0 amide bonds. The van der Waals surface area contributed by atoms with Gasteiger partial charge in [0, 0.05) is 6.20 Å². The first-order chi connectivity index (χ1) is 8.90. The van der Waals surface area contributed by atoms with E-state index in [0.717, 1.165) is 17.9 Å². The molecule has 2 nitrogen and oxygen atoms in total. The van der Waals surface area contributed by atoms with Crippen LogP contribution in [0.4, 0.5) is 0 Å². The summed E-state index contributed by atoms with van der Waals surface area (Å²) in [7, 11) is 0. The number of hydrogen-bond donors (Lipinski definition) is 0. The zero-order chi connectivity index (χ0) is 12.6. The summed E-state index contributed by atoms with van der Waals surface area (Å²) in [4.78, 5) is 4.02. The van der Waals surface area contributed by atoms with Crippen LogP contribution in [0.5, 0.6) is 11.5 Å². The molecule has 0 saturated heterocycles. The summed E-state index contributed by atoms with van der Waals surface area (Å²) >= 11 is 0. The lowest BCUT2D eigenvalue weighted by Crippen LogP contribution is -1.93. The molecule has 0 unspecified atom stereocenters. The Kier molecular flexibility index (Phi) is 4.77. The van der Waals surface area contributed by atoms with E-state index in [0.29, 0.717) is 0 Å². The molecule has 0 atom stereocenters. The minimum Gasteiger partial charge on any atom is -0.455 e. The van der Waals surface area contributed by atoms with E-state index in [2.05, 4.69) is 18.1 Å². The molecular weight excluding hydrogens is 222 g/mol. The van der Waals surface area contributed by atoms with Crippen molar-refractivity contribution in [1.29, 1.82) is 0 Å². The Labute approximate surface area is 109 Å². The molecule has 2 rings (SSSR count). The van der Waals surface area contributed by atoms with Crippen molar-refractivity contribution in [2.75, 3.05) is 0 Å². The lowest BCUT2D eigenvalue weighted by molar-refractivity contribution is 0.471. The highest BCUT2D eigenvalue weighted by molar-refractivity contribution is 5.34. The molecule has 1 heterocycles. The van der Waals surface area contributed by atoms with Crippen LogP contribution in [0, 0.1) is 6.20 Å². The van der Waals surface area contributed by atoms with Crippen LogP contribution in [0.2, 0.25) is 0 Å². The Bertz CT molecular complexity index is 468. The van der Waals surface area contributed by atoms with E-state index in [9.17, 15) is 0 Å². The average molecular weight is 240 g/mol. The maximum Gasteiger partial charge on any atom is 0.158 e. The minimum absolute atomic E-state index is 0.750. The third kappa shape index (κ3) is 3.59. The minimum atomic E-state index is 0.750. The predicted octanol–water partition coefficient (Wildman–Crippen LogP) is 4.41. The third-order valence-corrected chi connectivity index (χ3v) is 2.82. The summed E-state index contributed by atoms with van der Waals surface area (Å²) in [5.74, 6) is 1.58. The maximum atomic E-state index is 5.82. The van der Waals surface area contributed by atoms with Gasteiger partial charge in [0.1, 0.15) is 11.9 Å². The van der Waals surface area contributed by atoms with Gasteiger partial charge in [-0.15, -0.1) is 0 Å². The van der Waals surface area contributed by atoms with Crippen LogP contribution >= 0.6 is 0 Å². The highest BCUT2D eigenvalue weighted by Gasteiger charge is 2.05. The first-order valence-electron chi connectivity index (χ1n) is 6.48. The van der Waals surface area contributed by atoms with Crippen LogP contribution in [-0.4, -0.2) is 4.98 Å². The number of para-hydroxylation sites is 1. The quantitative estimate of drug-likeness (QED) is 0.698. The van der Waals surface area contributed by atoms with Crippen LogP contribution in [0.25, 0.3) is 0 Å². The number of unbranched alkanes of at least 4 members (excludes halogenated alkanes) is 2. The van der Waals surface area contributed by atoms with E-state index in [1.54, 1.807) is 6.20 Å². The number of nitrogens with zero attached hydrogens (tertiary/aromatic N) is 1. The number of benzene rings is 1. The second-order valence-corrected chi connectivity index (χ2v) is 4.28. The molecule has 2 aromatic rings. The van der Waals surface area contributed by atoms with Gasteiger partial charge in [0.15, 0.2) is 5.75 Å². The van der Waals surface area contributed by atoms with Crippen molar-refractivity contribution in [3.05, 3.63) is 54.4 Å². The summed E-state index contributed by atoms with van der Waals surface area (Å²) in [6.07, 6.45) is 9.39. The highest BCUT2D eigenvalue weighted by Crippen LogP contribution is 2.24. The Morgan fingerprint density at radius 1 is 1.11 bits per heavy atom. The van der Waals surface area contributed by atoms with E-state index >= 15 is 0 Å². The normalized spacial score (nSPS) is 10.3. The van der Waals surface area contributed by atoms with Crippen molar-refractivity contribution < 1.29 is 4.74 Å². The zero-order valence-electron chi connectivity index (χ0n) is 10.7. The first-order valence-corrected chi connectivity index (χ1v) is 6.48. The van der Waals surface area contributed by atoms with Gasteiger partial charge in [0.05, 0.1) is 0 Å². The fraction of sp³-hybridized carbons (Fsp3) is 0.312. The number of aromatic nitrogens is 1. The van der Waals surface area contributed by atoms with Gasteiger partial charge in [-0.2, -0.15) is 0 Å². The molecule has 1 aromatic carbocycles. The standard InChI is InChI=1S/C16H18NO/c1-2-3-5-8-14-11-12-17-13-16(14)18-15-9-6-4-7-10-15/h4,6-7,9-12H,2-3,5,8H2,1H3. The summed E-state index contributed by atoms with van der Waals surface area (Å²) in [6, 6.07) is 11.8. The molecular formula is C16H18NO. The van der Waals surface area contributed by atoms with Gasteiger partial charge >= 0.3 is 0 Å². The fourth-order valence-corrected chi connectivity index (χ4v) is 1.83. The SMILES string of the molecule is CCCCCc1ccn[c]c1Oc1ccccc1. The molecule has 1 aromatic heterocycles. The van der Waals surface area contributed by atoms with Crippen molar-refractivity contribution >= 4 is 0 Å². The first kappa shape index (κ1) is 12.6. The number of hydrogen-bond acceptors (Lipinski definition) is 2. The van der Waals surface area contributed by atoms with Crippen molar-refractivity contribution in [1.82, 2.24) is 4.98 Å². The van der Waals surface area contributed by atoms with Gasteiger partial charge in [-0.25, -0.2) is 0 Å². The van der Waals surface area contributed by atoms with E-state index in [1.807, 2.05) is 36.4 Å². The third-order valence-electron chi connectivity index (χ3n) is 2.82. The number of aryl methyl sites for hydroxylation is 1. The highest BCUT2D eigenvalue weighted by atomic mass is 16.5. The van der Waals surface area contributed by atoms with E-state index in [4.69, 9.17) is 4.74 Å². The van der Waals surface area contributed by atoms with E-state index in [1.165, 1.54) is 24.8 Å². The fourth-order valence-electron chi connectivity index (χ4n) is 1.83. The summed E-state index contributed by atoms with van der Waals surface area (Å²) < 4.78 is 5.82. The molecule has 0 saturated carbocycles. The number of ether oxygens (including phenoxy) is 1. The Hall–Kier alpha value is -1.83. The van der Waals surface area contributed by atoms with Crippen LogP contribution < -0.4 is 4.74 Å². The maximum absolute atomic E-state index is 5.82. The molecule has 0 aliphatic rings. The smallest absolute Gasteiger partial charge is 0.158 e. The topological polar surface area (TPSA) is 22.1 Å². The van der Waals surface area contributed by atoms with Crippen LogP contribution in [0.1, 0.15) is 31.7 Å². The van der Waals surface area contributed by atoms with Gasteiger partial charge in [-0.1, -0.05) is 38.0 Å². The molecule has 0 N–H and O–H groups in total. The molecule has 1 radical (unpaired) electrons. The van der Waals surface area contributed by atoms with Crippen LogP contribution in [-0.2, 0) is 6.42 Å². The lowest BCUT2D eigenvalue weighted by Gasteiger charge is -2.09. The second kappa shape index (κ2) is 6.80. The van der Waals surface area contributed by atoms with Gasteiger partial charge in [-0.3, -0.25) is 4.98 Å². The van der Waals surface area contributed by atoms with Gasteiger partial charge in [-0.05, 0) is 36.6 Å². The van der Waals surface area contributed by atoms with Gasteiger partial charge in [0.25, 0.3) is 0 Å². The summed E-state index contributed by atoms with van der Waals surface area (Å²) in [6.45, 7) is 2.21. The van der Waals surface area contributed by atoms with E-state index in [-0.39, 0.29) is 0 Å². The Morgan fingerprint density at radius 3 is 2.72 bits per heavy atom. The molecule has 0 fully saturated rings. The van der Waals surface area contributed by atoms with Gasteiger partial charge in [0.2, 0.25) is 0 Å². The summed E-state index contributed by atoms with van der Waals surface area (Å²) in [5.41, 5.74) is 1.18. The Morgan fingerprint density at radius 2 is 1.94 bits per heavy atom. The van der Waals surface area contributed by atoms with Crippen LogP contribution in [0.15, 0.2) is 42.6 Å². The monoisotopic (exact) mass is 240 g/mol. The Balaban J connectivity index is 2.07. The summed E-state index contributed by atoms with van der Waals surface area (Å²) in [5, 5.41) is 0. The molecule has 2 heteroatoms. The second-order valence-electron chi connectivity index (χ2n) is 4.28. The van der Waals surface area contributed by atoms with Crippen molar-refractivity contribution in [2.24, 2.45) is 0 Å². The largest absolute Gasteiger partial charge is 0.455 e. The molecule has 0 aliphatic carbocycles. The van der Waals surface area contributed by atoms with Gasteiger partial charge < -0.3 is 4.74 Å². The van der Waals surface area contributed by atoms with Crippen LogP contribution in [0.3, 0.4) is 0 Å². The van der Waals surface area contributed by atoms with Crippen molar-refractivity contribution in [2.45, 2.75) is 32.6 Å². The molecule has 93 valence electrons. The number of rotatable bonds is 6. The number of pyridine rings is 1. The molecule has 18 heavy (non-hydrogen) atoms. The lowest BCUT2D eigenvalue weighted by atomic mass is 10.1. The predicted molar refractivity (Wildman–Crippen MR) is 72.8 cm³/mol. The molecule has 0 aliphatic heterocycles.